The van der Waals surface area contributed by atoms with E-state index < -0.39 is 6.10 Å². The normalized spacial score (nSPS) is 12.4. The maximum absolute atomic E-state index is 9.71. The highest BCUT2D eigenvalue weighted by atomic mass is 79.9. The van der Waals surface area contributed by atoms with Crippen LogP contribution < -0.4 is 4.74 Å². The SMILES string of the molecule is CC(O)c1cc(Br)ccc1OCc1ccc(Cl)s1. The first kappa shape index (κ1) is 13.9. The van der Waals surface area contributed by atoms with E-state index in [-0.39, 0.29) is 0 Å². The maximum atomic E-state index is 9.71. The number of hydrogen-bond donors (Lipinski definition) is 1. The Balaban J connectivity index is 2.13. The number of ether oxygens (including phenoxy) is 1. The van der Waals surface area contributed by atoms with Gasteiger partial charge in [0.25, 0.3) is 0 Å². The van der Waals surface area contributed by atoms with Gasteiger partial charge >= 0.3 is 0 Å². The summed E-state index contributed by atoms with van der Waals surface area (Å²) in [5.41, 5.74) is 0.770. The Morgan fingerprint density at radius 1 is 1.39 bits per heavy atom. The van der Waals surface area contributed by atoms with Gasteiger partial charge in [0.15, 0.2) is 0 Å². The second-order valence-corrected chi connectivity index (χ2v) is 6.57. The van der Waals surface area contributed by atoms with E-state index in [4.69, 9.17) is 16.3 Å². The lowest BCUT2D eigenvalue weighted by atomic mass is 10.1. The molecule has 0 amide bonds. The summed E-state index contributed by atoms with van der Waals surface area (Å²) < 4.78 is 7.40. The highest BCUT2D eigenvalue weighted by Crippen LogP contribution is 2.30. The molecule has 0 bridgehead atoms. The number of rotatable bonds is 4. The molecule has 96 valence electrons. The van der Waals surface area contributed by atoms with Crippen molar-refractivity contribution in [3.8, 4) is 5.75 Å². The molecule has 0 spiro atoms. The lowest BCUT2D eigenvalue weighted by molar-refractivity contribution is 0.190. The van der Waals surface area contributed by atoms with Crippen molar-refractivity contribution in [3.63, 3.8) is 0 Å². The highest BCUT2D eigenvalue weighted by molar-refractivity contribution is 9.10. The molecule has 2 rings (SSSR count). The van der Waals surface area contributed by atoms with E-state index in [0.717, 1.165) is 19.2 Å². The van der Waals surface area contributed by atoms with E-state index in [2.05, 4.69) is 15.9 Å². The molecular formula is C13H12BrClO2S. The quantitative estimate of drug-likeness (QED) is 0.861. The summed E-state index contributed by atoms with van der Waals surface area (Å²) in [5, 5.41) is 9.71. The van der Waals surface area contributed by atoms with Gasteiger partial charge in [-0.1, -0.05) is 27.5 Å². The average molecular weight is 348 g/mol. The van der Waals surface area contributed by atoms with Crippen LogP contribution in [0.4, 0.5) is 0 Å². The number of thiophene rings is 1. The van der Waals surface area contributed by atoms with Gasteiger partial charge in [-0.3, -0.25) is 0 Å². The zero-order valence-electron chi connectivity index (χ0n) is 9.69. The smallest absolute Gasteiger partial charge is 0.125 e. The molecule has 2 aromatic rings. The molecule has 1 N–H and O–H groups in total. The van der Waals surface area contributed by atoms with Crippen molar-refractivity contribution < 1.29 is 9.84 Å². The van der Waals surface area contributed by atoms with Crippen LogP contribution in [0.1, 0.15) is 23.5 Å². The van der Waals surface area contributed by atoms with E-state index in [9.17, 15) is 5.11 Å². The minimum atomic E-state index is -0.565. The van der Waals surface area contributed by atoms with Crippen molar-refractivity contribution in [2.45, 2.75) is 19.6 Å². The number of aliphatic hydroxyl groups excluding tert-OH is 1. The predicted octanol–water partition coefficient (Wildman–Crippen LogP) is 4.80. The fraction of sp³-hybridized carbons (Fsp3) is 0.231. The average Bonchev–Trinajstić information content (AvgIpc) is 2.73. The molecule has 2 nitrogen and oxygen atoms in total. The molecule has 1 atom stereocenters. The molecule has 5 heteroatoms. The molecule has 1 unspecified atom stereocenters. The minimum absolute atomic E-state index is 0.457. The second kappa shape index (κ2) is 6.06. The van der Waals surface area contributed by atoms with Gasteiger partial charge in [0.1, 0.15) is 12.4 Å². The molecule has 0 radical (unpaired) electrons. The van der Waals surface area contributed by atoms with Crippen LogP contribution in [-0.4, -0.2) is 5.11 Å². The van der Waals surface area contributed by atoms with Gasteiger partial charge < -0.3 is 9.84 Å². The molecule has 18 heavy (non-hydrogen) atoms. The van der Waals surface area contributed by atoms with Crippen LogP contribution in [0.5, 0.6) is 5.75 Å². The Morgan fingerprint density at radius 3 is 2.78 bits per heavy atom. The van der Waals surface area contributed by atoms with Crippen molar-refractivity contribution in [1.29, 1.82) is 0 Å². The largest absolute Gasteiger partial charge is 0.488 e. The first-order valence-electron chi connectivity index (χ1n) is 5.41. The summed E-state index contributed by atoms with van der Waals surface area (Å²) in [6, 6.07) is 9.39. The van der Waals surface area contributed by atoms with Crippen LogP contribution in [0.3, 0.4) is 0 Å². The lowest BCUT2D eigenvalue weighted by Crippen LogP contribution is -2.00. The summed E-state index contributed by atoms with van der Waals surface area (Å²) in [5.74, 6) is 0.692. The van der Waals surface area contributed by atoms with Crippen LogP contribution in [0.15, 0.2) is 34.8 Å². The van der Waals surface area contributed by atoms with Crippen LogP contribution in [0.25, 0.3) is 0 Å². The van der Waals surface area contributed by atoms with Crippen molar-refractivity contribution in [3.05, 3.63) is 49.6 Å². The van der Waals surface area contributed by atoms with Gasteiger partial charge in [-0.05, 0) is 37.3 Å². The Hall–Kier alpha value is -0.550. The number of halogens is 2. The Morgan fingerprint density at radius 2 is 2.17 bits per heavy atom. The zero-order chi connectivity index (χ0) is 13.1. The highest BCUT2D eigenvalue weighted by Gasteiger charge is 2.10. The molecule has 1 heterocycles. The van der Waals surface area contributed by atoms with E-state index in [1.165, 1.54) is 11.3 Å². The monoisotopic (exact) mass is 346 g/mol. The second-order valence-electron chi connectivity index (χ2n) is 3.85. The van der Waals surface area contributed by atoms with Crippen molar-refractivity contribution in [1.82, 2.24) is 0 Å². The standard InChI is InChI=1S/C13H12BrClO2S/c1-8(16)11-6-9(14)2-4-12(11)17-7-10-3-5-13(15)18-10/h2-6,8,16H,7H2,1H3. The van der Waals surface area contributed by atoms with Gasteiger partial charge in [0.05, 0.1) is 10.4 Å². The number of benzene rings is 1. The third kappa shape index (κ3) is 3.48. The third-order valence-electron chi connectivity index (χ3n) is 2.42. The number of aliphatic hydroxyl groups is 1. The predicted molar refractivity (Wildman–Crippen MR) is 78.4 cm³/mol. The van der Waals surface area contributed by atoms with Crippen LogP contribution in [0.2, 0.25) is 4.34 Å². The van der Waals surface area contributed by atoms with Gasteiger partial charge in [0.2, 0.25) is 0 Å². The lowest BCUT2D eigenvalue weighted by Gasteiger charge is -2.13. The summed E-state index contributed by atoms with van der Waals surface area (Å²) in [7, 11) is 0. The Labute approximate surface area is 123 Å². The number of hydrogen-bond acceptors (Lipinski definition) is 3. The van der Waals surface area contributed by atoms with E-state index >= 15 is 0 Å². The molecule has 0 saturated carbocycles. The van der Waals surface area contributed by atoms with E-state index in [1.54, 1.807) is 6.92 Å². The summed E-state index contributed by atoms with van der Waals surface area (Å²) in [6.45, 7) is 2.18. The zero-order valence-corrected chi connectivity index (χ0v) is 12.8. The molecule has 1 aromatic carbocycles. The van der Waals surface area contributed by atoms with Crippen molar-refractivity contribution >= 4 is 38.9 Å². The van der Waals surface area contributed by atoms with Gasteiger partial charge in [-0.25, -0.2) is 0 Å². The maximum Gasteiger partial charge on any atom is 0.125 e. The van der Waals surface area contributed by atoms with E-state index in [1.807, 2.05) is 30.3 Å². The van der Waals surface area contributed by atoms with Gasteiger partial charge in [-0.15, -0.1) is 11.3 Å². The molecular weight excluding hydrogens is 336 g/mol. The first-order chi connectivity index (χ1) is 8.56. The molecule has 0 aliphatic carbocycles. The Kier molecular flexibility index (Phi) is 4.67. The molecule has 0 aliphatic rings. The third-order valence-corrected chi connectivity index (χ3v) is 4.12. The van der Waals surface area contributed by atoms with Crippen molar-refractivity contribution in [2.24, 2.45) is 0 Å². The summed E-state index contributed by atoms with van der Waals surface area (Å²) in [6.07, 6.45) is -0.565. The van der Waals surface area contributed by atoms with E-state index in [0.29, 0.717) is 12.4 Å². The van der Waals surface area contributed by atoms with Gasteiger partial charge in [-0.2, -0.15) is 0 Å². The molecule has 0 aliphatic heterocycles. The topological polar surface area (TPSA) is 29.5 Å². The van der Waals surface area contributed by atoms with Gasteiger partial charge in [0, 0.05) is 14.9 Å². The minimum Gasteiger partial charge on any atom is -0.488 e. The fourth-order valence-corrected chi connectivity index (χ4v) is 2.94. The molecule has 0 fully saturated rings. The Bertz CT molecular complexity index is 540. The summed E-state index contributed by atoms with van der Waals surface area (Å²) >= 11 is 10.7. The van der Waals surface area contributed by atoms with Crippen molar-refractivity contribution in [2.75, 3.05) is 0 Å². The van der Waals surface area contributed by atoms with Crippen LogP contribution in [-0.2, 0) is 6.61 Å². The van der Waals surface area contributed by atoms with Crippen LogP contribution in [0, 0.1) is 0 Å². The summed E-state index contributed by atoms with van der Waals surface area (Å²) in [4.78, 5) is 1.06. The molecule has 1 aromatic heterocycles. The first-order valence-corrected chi connectivity index (χ1v) is 7.39. The van der Waals surface area contributed by atoms with Crippen LogP contribution >= 0.6 is 38.9 Å². The molecule has 0 saturated heterocycles. The fourth-order valence-electron chi connectivity index (χ4n) is 1.56.